The first-order chi connectivity index (χ1) is 13.6. The smallest absolute Gasteiger partial charge is 0.319 e. The van der Waals surface area contributed by atoms with Crippen LogP contribution in [0.4, 0.5) is 8.78 Å². The molecule has 1 aliphatic heterocycles. The van der Waals surface area contributed by atoms with E-state index in [0.29, 0.717) is 46.4 Å². The van der Waals surface area contributed by atoms with Crippen molar-refractivity contribution in [2.45, 2.75) is 27.5 Å². The second kappa shape index (κ2) is 8.27. The maximum absolute atomic E-state index is 12.6. The van der Waals surface area contributed by atoms with Gasteiger partial charge in [0.2, 0.25) is 0 Å². The third kappa shape index (κ3) is 4.02. The van der Waals surface area contributed by atoms with Gasteiger partial charge in [-0.15, -0.1) is 10.2 Å². The van der Waals surface area contributed by atoms with Crippen LogP contribution in [0.25, 0.3) is 17.1 Å². The minimum absolute atomic E-state index is 0.272. The zero-order valence-electron chi connectivity index (χ0n) is 14.4. The molecule has 0 aliphatic carbocycles. The zero-order chi connectivity index (χ0) is 19.5. The summed E-state index contributed by atoms with van der Waals surface area (Å²) in [6.45, 7) is 0.389. The van der Waals surface area contributed by atoms with E-state index in [4.69, 9.17) is 4.74 Å². The summed E-state index contributed by atoms with van der Waals surface area (Å²) in [6.07, 6.45) is 3.92. The first kappa shape index (κ1) is 18.9. The van der Waals surface area contributed by atoms with Crippen LogP contribution in [0.5, 0.6) is 0 Å². The highest BCUT2D eigenvalue weighted by atomic mass is 32.2. The minimum Gasteiger partial charge on any atom is -0.465 e. The van der Waals surface area contributed by atoms with Gasteiger partial charge in [0.1, 0.15) is 5.25 Å². The van der Waals surface area contributed by atoms with Crippen molar-refractivity contribution in [3.05, 3.63) is 48.8 Å². The van der Waals surface area contributed by atoms with Crippen LogP contribution in [0, 0.1) is 0 Å². The van der Waals surface area contributed by atoms with Gasteiger partial charge in [-0.05, 0) is 36.4 Å². The maximum atomic E-state index is 12.6. The summed E-state index contributed by atoms with van der Waals surface area (Å²) in [6, 6.07) is 10.3. The van der Waals surface area contributed by atoms with Crippen molar-refractivity contribution >= 4 is 29.5 Å². The van der Waals surface area contributed by atoms with E-state index in [1.54, 1.807) is 47.3 Å². The number of hydrogen-bond donors (Lipinski definition) is 0. The van der Waals surface area contributed by atoms with Gasteiger partial charge >= 0.3 is 5.97 Å². The molecule has 1 aromatic carbocycles. The Morgan fingerprint density at radius 2 is 2.00 bits per heavy atom. The lowest BCUT2D eigenvalue weighted by Gasteiger charge is -2.12. The van der Waals surface area contributed by atoms with Crippen molar-refractivity contribution in [3.8, 4) is 17.1 Å². The number of hydrogen-bond acceptors (Lipinski definition) is 7. The number of halogens is 2. The average Bonchev–Trinajstić information content (AvgIpc) is 3.29. The van der Waals surface area contributed by atoms with E-state index < -0.39 is 5.76 Å². The Hall–Kier alpha value is -2.46. The third-order valence-corrected chi connectivity index (χ3v) is 5.92. The van der Waals surface area contributed by atoms with Gasteiger partial charge in [0.05, 0.1) is 6.61 Å². The molecule has 10 heteroatoms. The van der Waals surface area contributed by atoms with E-state index in [2.05, 4.69) is 15.2 Å². The SMILES string of the molecule is O=C1OCCC1Sc1nnc(-c2cccnc2)n1-c1ccc(SC(F)F)cc1. The normalized spacial score (nSPS) is 16.5. The number of rotatable bonds is 6. The zero-order valence-corrected chi connectivity index (χ0v) is 16.0. The van der Waals surface area contributed by atoms with Gasteiger partial charge in [-0.25, -0.2) is 0 Å². The van der Waals surface area contributed by atoms with Gasteiger partial charge in [0.15, 0.2) is 11.0 Å². The summed E-state index contributed by atoms with van der Waals surface area (Å²) in [5.74, 6) is -2.20. The molecule has 1 saturated heterocycles. The number of carbonyl (C=O) groups excluding carboxylic acids is 1. The van der Waals surface area contributed by atoms with Crippen molar-refractivity contribution in [3.63, 3.8) is 0 Å². The van der Waals surface area contributed by atoms with E-state index in [1.807, 2.05) is 6.07 Å². The predicted octanol–water partition coefficient (Wildman–Crippen LogP) is 4.05. The summed E-state index contributed by atoms with van der Waals surface area (Å²) in [7, 11) is 0. The molecule has 1 aliphatic rings. The molecule has 1 unspecified atom stereocenters. The van der Waals surface area contributed by atoms with Crippen LogP contribution in [-0.2, 0) is 9.53 Å². The molecule has 4 rings (SSSR count). The van der Waals surface area contributed by atoms with Crippen molar-refractivity contribution in [2.24, 2.45) is 0 Å². The number of ether oxygens (including phenoxy) is 1. The molecule has 144 valence electrons. The van der Waals surface area contributed by atoms with Gasteiger partial charge < -0.3 is 4.74 Å². The van der Waals surface area contributed by atoms with Gasteiger partial charge in [-0.1, -0.05) is 23.5 Å². The topological polar surface area (TPSA) is 69.9 Å². The van der Waals surface area contributed by atoms with E-state index in [1.165, 1.54) is 11.8 Å². The number of carbonyl (C=O) groups is 1. The molecule has 0 saturated carbocycles. The fourth-order valence-electron chi connectivity index (χ4n) is 2.75. The van der Waals surface area contributed by atoms with Gasteiger partial charge in [-0.3, -0.25) is 14.3 Å². The lowest BCUT2D eigenvalue weighted by molar-refractivity contribution is -0.137. The Morgan fingerprint density at radius 3 is 2.64 bits per heavy atom. The Labute approximate surface area is 167 Å². The first-order valence-corrected chi connectivity index (χ1v) is 10.1. The molecule has 0 bridgehead atoms. The van der Waals surface area contributed by atoms with Crippen LogP contribution in [-0.4, -0.2) is 43.3 Å². The van der Waals surface area contributed by atoms with Crippen LogP contribution in [0.2, 0.25) is 0 Å². The molecular formula is C18H14F2N4O2S2. The maximum Gasteiger partial charge on any atom is 0.319 e. The lowest BCUT2D eigenvalue weighted by atomic mass is 10.2. The molecule has 1 atom stereocenters. The van der Waals surface area contributed by atoms with E-state index in [9.17, 15) is 13.6 Å². The Kier molecular flexibility index (Phi) is 5.58. The molecule has 0 amide bonds. The molecule has 2 aromatic heterocycles. The second-order valence-electron chi connectivity index (χ2n) is 5.82. The summed E-state index contributed by atoms with van der Waals surface area (Å²) < 4.78 is 32.0. The fourth-order valence-corrected chi connectivity index (χ4v) is 4.27. The molecule has 3 aromatic rings. The van der Waals surface area contributed by atoms with Crippen LogP contribution in [0.3, 0.4) is 0 Å². The first-order valence-electron chi connectivity index (χ1n) is 8.36. The quantitative estimate of drug-likeness (QED) is 0.440. The van der Waals surface area contributed by atoms with Crippen LogP contribution in [0.15, 0.2) is 58.8 Å². The fraction of sp³-hybridized carbons (Fsp3) is 0.222. The van der Waals surface area contributed by atoms with E-state index >= 15 is 0 Å². The predicted molar refractivity (Wildman–Crippen MR) is 102 cm³/mol. The van der Waals surface area contributed by atoms with Crippen molar-refractivity contribution in [1.29, 1.82) is 0 Å². The Balaban J connectivity index is 1.74. The molecule has 0 radical (unpaired) electrons. The van der Waals surface area contributed by atoms with Crippen LogP contribution >= 0.6 is 23.5 Å². The number of pyridine rings is 1. The number of nitrogens with zero attached hydrogens (tertiary/aromatic N) is 4. The number of alkyl halides is 2. The molecule has 1 fully saturated rings. The van der Waals surface area contributed by atoms with Crippen molar-refractivity contribution in [1.82, 2.24) is 19.7 Å². The molecular weight excluding hydrogens is 406 g/mol. The van der Waals surface area contributed by atoms with E-state index in [-0.39, 0.29) is 11.2 Å². The average molecular weight is 420 g/mol. The summed E-state index contributed by atoms with van der Waals surface area (Å²) in [5.41, 5.74) is 1.46. The monoisotopic (exact) mass is 420 g/mol. The number of thioether (sulfide) groups is 2. The summed E-state index contributed by atoms with van der Waals surface area (Å²) in [4.78, 5) is 16.4. The highest BCUT2D eigenvalue weighted by Gasteiger charge is 2.30. The second-order valence-corrected chi connectivity index (χ2v) is 8.05. The molecule has 0 spiro atoms. The summed E-state index contributed by atoms with van der Waals surface area (Å²) >= 11 is 1.77. The largest absolute Gasteiger partial charge is 0.465 e. The highest BCUT2D eigenvalue weighted by molar-refractivity contribution is 8.00. The molecule has 0 N–H and O–H groups in total. The number of cyclic esters (lactones) is 1. The Morgan fingerprint density at radius 1 is 1.18 bits per heavy atom. The number of esters is 1. The molecule has 3 heterocycles. The van der Waals surface area contributed by atoms with Gasteiger partial charge in [0, 0.05) is 35.0 Å². The molecule has 28 heavy (non-hydrogen) atoms. The number of benzene rings is 1. The lowest BCUT2D eigenvalue weighted by Crippen LogP contribution is -2.11. The molecule has 6 nitrogen and oxygen atoms in total. The highest BCUT2D eigenvalue weighted by Crippen LogP contribution is 2.34. The van der Waals surface area contributed by atoms with Crippen LogP contribution < -0.4 is 0 Å². The summed E-state index contributed by atoms with van der Waals surface area (Å²) in [5, 5.41) is 8.70. The van der Waals surface area contributed by atoms with Crippen molar-refractivity contribution < 1.29 is 18.3 Å². The van der Waals surface area contributed by atoms with Crippen LogP contribution in [0.1, 0.15) is 6.42 Å². The van der Waals surface area contributed by atoms with E-state index in [0.717, 1.165) is 5.56 Å². The van der Waals surface area contributed by atoms with Crippen molar-refractivity contribution in [2.75, 3.05) is 6.61 Å². The third-order valence-electron chi connectivity index (χ3n) is 4.01. The van der Waals surface area contributed by atoms with Gasteiger partial charge in [0.25, 0.3) is 5.76 Å². The standard InChI is InChI=1S/C18H14F2N4O2S2/c19-17(20)27-13-5-3-12(4-6-13)24-15(11-2-1-8-21-10-11)22-23-18(24)28-14-7-9-26-16(14)25/h1-6,8,10,14,17H,7,9H2. The number of aromatic nitrogens is 4. The Bertz CT molecular complexity index is 967. The minimum atomic E-state index is -2.48. The van der Waals surface area contributed by atoms with Gasteiger partial charge in [-0.2, -0.15) is 8.78 Å².